The van der Waals surface area contributed by atoms with Gasteiger partial charge in [-0.25, -0.2) is 0 Å². The van der Waals surface area contributed by atoms with Crippen molar-refractivity contribution in [3.63, 3.8) is 0 Å². The Morgan fingerprint density at radius 2 is 1.61 bits per heavy atom. The monoisotopic (exact) mass is 492 g/mol. The standard InChI is InChI=1S/C22H28N4O.HI/c1-23-21(26-17-22(13-14-22)19-10-6-3-7-11-19)24-15-12-20(27)25-16-18-8-4-2-5-9-18;/h2-11H,12-17H2,1H3,(H,25,27)(H2,23,24,26);1H. The number of carbonyl (C=O) groups excluding carboxylic acids is 1. The van der Waals surface area contributed by atoms with Gasteiger partial charge >= 0.3 is 0 Å². The first-order chi connectivity index (χ1) is 13.2. The van der Waals surface area contributed by atoms with Gasteiger partial charge in [-0.2, -0.15) is 0 Å². The van der Waals surface area contributed by atoms with Gasteiger partial charge in [-0.05, 0) is 24.0 Å². The van der Waals surface area contributed by atoms with Crippen LogP contribution < -0.4 is 16.0 Å². The van der Waals surface area contributed by atoms with Gasteiger partial charge in [0, 0.05) is 38.5 Å². The summed E-state index contributed by atoms with van der Waals surface area (Å²) in [5.74, 6) is 0.776. The zero-order valence-electron chi connectivity index (χ0n) is 16.3. The fourth-order valence-electron chi connectivity index (χ4n) is 3.16. The number of hydrogen-bond acceptors (Lipinski definition) is 2. The van der Waals surface area contributed by atoms with Crippen molar-refractivity contribution in [3.05, 3.63) is 71.8 Å². The van der Waals surface area contributed by atoms with E-state index in [0.717, 1.165) is 18.1 Å². The van der Waals surface area contributed by atoms with Crippen LogP contribution in [-0.2, 0) is 16.8 Å². The van der Waals surface area contributed by atoms with Crippen molar-refractivity contribution in [1.29, 1.82) is 0 Å². The van der Waals surface area contributed by atoms with Crippen LogP contribution in [0.15, 0.2) is 65.7 Å². The van der Waals surface area contributed by atoms with Crippen LogP contribution in [0.4, 0.5) is 0 Å². The van der Waals surface area contributed by atoms with Crippen molar-refractivity contribution in [1.82, 2.24) is 16.0 Å². The molecule has 1 aliphatic rings. The average molecular weight is 492 g/mol. The first-order valence-corrected chi connectivity index (χ1v) is 9.52. The van der Waals surface area contributed by atoms with E-state index in [1.165, 1.54) is 18.4 Å². The first-order valence-electron chi connectivity index (χ1n) is 9.52. The van der Waals surface area contributed by atoms with Crippen LogP contribution in [0.25, 0.3) is 0 Å². The summed E-state index contributed by atoms with van der Waals surface area (Å²) in [6.07, 6.45) is 2.81. The van der Waals surface area contributed by atoms with Crippen LogP contribution in [0.5, 0.6) is 0 Å². The van der Waals surface area contributed by atoms with Crippen LogP contribution in [0.3, 0.4) is 0 Å². The van der Waals surface area contributed by atoms with Gasteiger partial charge in [-0.3, -0.25) is 9.79 Å². The molecule has 1 fully saturated rings. The number of nitrogens with one attached hydrogen (secondary N) is 3. The Morgan fingerprint density at radius 3 is 2.21 bits per heavy atom. The van der Waals surface area contributed by atoms with E-state index in [4.69, 9.17) is 0 Å². The second-order valence-electron chi connectivity index (χ2n) is 7.01. The molecule has 2 aromatic carbocycles. The summed E-state index contributed by atoms with van der Waals surface area (Å²) < 4.78 is 0. The molecule has 0 radical (unpaired) electrons. The lowest BCUT2D eigenvalue weighted by atomic mass is 9.96. The number of aliphatic imine (C=N–C) groups is 1. The Kier molecular flexibility index (Phi) is 8.76. The predicted octanol–water partition coefficient (Wildman–Crippen LogP) is 3.21. The Balaban J connectivity index is 0.00000280. The molecule has 3 rings (SSSR count). The van der Waals surface area contributed by atoms with Crippen molar-refractivity contribution in [2.45, 2.75) is 31.2 Å². The van der Waals surface area contributed by atoms with E-state index in [-0.39, 0.29) is 35.3 Å². The number of hydrogen-bond donors (Lipinski definition) is 3. The zero-order valence-corrected chi connectivity index (χ0v) is 18.6. The molecule has 0 heterocycles. The van der Waals surface area contributed by atoms with Crippen LogP contribution in [-0.4, -0.2) is 32.0 Å². The molecule has 0 unspecified atom stereocenters. The zero-order chi connectivity index (χ0) is 19.0. The molecule has 150 valence electrons. The number of amides is 1. The SMILES string of the molecule is CN=C(NCCC(=O)NCc1ccccc1)NCC1(c2ccccc2)CC1.I. The van der Waals surface area contributed by atoms with E-state index in [0.29, 0.717) is 19.5 Å². The predicted molar refractivity (Wildman–Crippen MR) is 125 cm³/mol. The molecule has 0 atom stereocenters. The van der Waals surface area contributed by atoms with Crippen LogP contribution in [0, 0.1) is 0 Å². The Bertz CT molecular complexity index is 761. The molecular formula is C22H29IN4O. The maximum Gasteiger partial charge on any atom is 0.222 e. The quantitative estimate of drug-likeness (QED) is 0.301. The minimum Gasteiger partial charge on any atom is -0.356 e. The highest BCUT2D eigenvalue weighted by Gasteiger charge is 2.43. The number of nitrogens with zero attached hydrogens (tertiary/aromatic N) is 1. The highest BCUT2D eigenvalue weighted by molar-refractivity contribution is 14.0. The second kappa shape index (κ2) is 11.0. The van der Waals surface area contributed by atoms with Crippen LogP contribution in [0.2, 0.25) is 0 Å². The Hall–Kier alpha value is -2.09. The van der Waals surface area contributed by atoms with Crippen molar-refractivity contribution in [2.24, 2.45) is 4.99 Å². The fourth-order valence-corrected chi connectivity index (χ4v) is 3.16. The smallest absolute Gasteiger partial charge is 0.222 e. The van der Waals surface area contributed by atoms with Crippen molar-refractivity contribution in [2.75, 3.05) is 20.1 Å². The van der Waals surface area contributed by atoms with Gasteiger partial charge < -0.3 is 16.0 Å². The summed E-state index contributed by atoms with van der Waals surface area (Å²) in [5.41, 5.74) is 2.71. The average Bonchev–Trinajstić information content (AvgIpc) is 3.51. The summed E-state index contributed by atoms with van der Waals surface area (Å²) in [6.45, 7) is 1.97. The third-order valence-corrected chi connectivity index (χ3v) is 5.03. The second-order valence-corrected chi connectivity index (χ2v) is 7.01. The van der Waals surface area contributed by atoms with Gasteiger partial charge in [0.2, 0.25) is 5.91 Å². The topological polar surface area (TPSA) is 65.5 Å². The summed E-state index contributed by atoms with van der Waals surface area (Å²) in [6, 6.07) is 20.6. The van der Waals surface area contributed by atoms with E-state index in [9.17, 15) is 4.79 Å². The summed E-state index contributed by atoms with van der Waals surface area (Å²) >= 11 is 0. The van der Waals surface area contributed by atoms with Crippen molar-refractivity contribution < 1.29 is 4.79 Å². The minimum absolute atomic E-state index is 0. The molecule has 5 nitrogen and oxygen atoms in total. The van der Waals surface area contributed by atoms with Crippen LogP contribution in [0.1, 0.15) is 30.4 Å². The number of benzene rings is 2. The highest BCUT2D eigenvalue weighted by atomic mass is 127. The number of carbonyl (C=O) groups is 1. The largest absolute Gasteiger partial charge is 0.356 e. The Labute approximate surface area is 184 Å². The number of rotatable bonds is 8. The molecule has 0 aliphatic heterocycles. The van der Waals surface area contributed by atoms with Crippen molar-refractivity contribution in [3.8, 4) is 0 Å². The lowest BCUT2D eigenvalue weighted by molar-refractivity contribution is -0.121. The van der Waals surface area contributed by atoms with Crippen molar-refractivity contribution >= 4 is 35.8 Å². The molecular weight excluding hydrogens is 463 g/mol. The normalized spacial score (nSPS) is 14.5. The molecule has 0 bridgehead atoms. The molecule has 6 heteroatoms. The maximum absolute atomic E-state index is 12.0. The first kappa shape index (κ1) is 22.2. The molecule has 0 spiro atoms. The van der Waals surface area contributed by atoms with E-state index in [2.05, 4.69) is 51.3 Å². The molecule has 3 N–H and O–H groups in total. The van der Waals surface area contributed by atoms with Gasteiger partial charge in [0.15, 0.2) is 5.96 Å². The van der Waals surface area contributed by atoms with Gasteiger partial charge in [0.25, 0.3) is 0 Å². The van der Waals surface area contributed by atoms with Gasteiger partial charge in [0.05, 0.1) is 0 Å². The Morgan fingerprint density at radius 1 is 0.964 bits per heavy atom. The third-order valence-electron chi connectivity index (χ3n) is 5.03. The van der Waals surface area contributed by atoms with Gasteiger partial charge in [0.1, 0.15) is 0 Å². The summed E-state index contributed by atoms with van der Waals surface area (Å²) in [7, 11) is 1.76. The minimum atomic E-state index is 0. The van der Waals surface area contributed by atoms with E-state index < -0.39 is 0 Å². The molecule has 1 saturated carbocycles. The molecule has 1 aliphatic carbocycles. The van der Waals surface area contributed by atoms with E-state index in [1.807, 2.05) is 30.3 Å². The molecule has 1 amide bonds. The van der Waals surface area contributed by atoms with Gasteiger partial charge in [-0.15, -0.1) is 24.0 Å². The van der Waals surface area contributed by atoms with Crippen LogP contribution >= 0.6 is 24.0 Å². The highest BCUT2D eigenvalue weighted by Crippen LogP contribution is 2.47. The molecule has 2 aromatic rings. The molecule has 28 heavy (non-hydrogen) atoms. The van der Waals surface area contributed by atoms with E-state index >= 15 is 0 Å². The lowest BCUT2D eigenvalue weighted by Crippen LogP contribution is -2.42. The maximum atomic E-state index is 12.0. The lowest BCUT2D eigenvalue weighted by Gasteiger charge is -2.19. The van der Waals surface area contributed by atoms with E-state index in [1.54, 1.807) is 7.05 Å². The number of halogens is 1. The molecule has 0 aromatic heterocycles. The fraction of sp³-hybridized carbons (Fsp3) is 0.364. The third kappa shape index (κ3) is 6.51. The summed E-state index contributed by atoms with van der Waals surface area (Å²) in [4.78, 5) is 16.3. The number of guanidine groups is 1. The molecule has 0 saturated heterocycles. The summed E-state index contributed by atoms with van der Waals surface area (Å²) in [5, 5.41) is 9.58. The van der Waals surface area contributed by atoms with Gasteiger partial charge in [-0.1, -0.05) is 60.7 Å².